The largest absolute Gasteiger partial charge is 0.481 e. The first-order chi connectivity index (χ1) is 9.45. The minimum absolute atomic E-state index is 0.0913. The van der Waals surface area contributed by atoms with Crippen LogP contribution in [-0.2, 0) is 11.3 Å². The van der Waals surface area contributed by atoms with Crippen molar-refractivity contribution in [1.29, 1.82) is 0 Å². The van der Waals surface area contributed by atoms with Crippen LogP contribution in [0.1, 0.15) is 12.0 Å². The number of hydrogen-bond acceptors (Lipinski definition) is 3. The maximum atomic E-state index is 12.1. The molecule has 1 aliphatic heterocycles. The number of carboxylic acids is 1. The molecule has 1 N–H and O–H groups in total. The van der Waals surface area contributed by atoms with Gasteiger partial charge in [0.05, 0.1) is 10.4 Å². The van der Waals surface area contributed by atoms with Crippen LogP contribution in [0.2, 0.25) is 0 Å². The first-order valence-electron chi connectivity index (χ1n) is 6.14. The normalized spacial score (nSPS) is 19.5. The number of hydrogen-bond donors (Lipinski definition) is 1. The highest BCUT2D eigenvalue weighted by molar-refractivity contribution is 9.10. The smallest absolute Gasteiger partial charge is 0.387 e. The maximum Gasteiger partial charge on any atom is 0.387 e. The number of benzene rings is 1. The van der Waals surface area contributed by atoms with E-state index in [4.69, 9.17) is 5.11 Å². The lowest BCUT2D eigenvalue weighted by atomic mass is 10.1. The first kappa shape index (κ1) is 15.2. The zero-order valence-electron chi connectivity index (χ0n) is 10.6. The molecular weight excluding hydrogens is 336 g/mol. The highest BCUT2D eigenvalue weighted by Crippen LogP contribution is 2.28. The Labute approximate surface area is 123 Å². The van der Waals surface area contributed by atoms with Gasteiger partial charge in [-0.15, -0.1) is 0 Å². The van der Waals surface area contributed by atoms with Gasteiger partial charge in [0.2, 0.25) is 0 Å². The second kappa shape index (κ2) is 6.49. The van der Waals surface area contributed by atoms with E-state index in [0.29, 0.717) is 24.0 Å². The van der Waals surface area contributed by atoms with Crippen molar-refractivity contribution in [3.05, 3.63) is 28.2 Å². The van der Waals surface area contributed by atoms with Gasteiger partial charge in [-0.1, -0.05) is 6.07 Å². The molecule has 0 spiro atoms. The predicted molar refractivity (Wildman–Crippen MR) is 71.8 cm³/mol. The number of aliphatic carboxylic acids is 1. The Kier molecular flexibility index (Phi) is 4.93. The number of rotatable bonds is 5. The van der Waals surface area contributed by atoms with Crippen LogP contribution in [0, 0.1) is 5.92 Å². The van der Waals surface area contributed by atoms with Gasteiger partial charge in [-0.3, -0.25) is 9.69 Å². The summed E-state index contributed by atoms with van der Waals surface area (Å²) in [6.45, 7) is -1.02. The number of carbonyl (C=O) groups is 1. The summed E-state index contributed by atoms with van der Waals surface area (Å²) < 4.78 is 29.1. The van der Waals surface area contributed by atoms with Gasteiger partial charge in [0.1, 0.15) is 5.75 Å². The molecule has 4 nitrogen and oxygen atoms in total. The summed E-state index contributed by atoms with van der Waals surface area (Å²) in [4.78, 5) is 12.9. The SMILES string of the molecule is O=C(O)C1CCN(Cc2ccc(OC(F)F)c(Br)c2)C1. The van der Waals surface area contributed by atoms with E-state index >= 15 is 0 Å². The van der Waals surface area contributed by atoms with Crippen molar-refractivity contribution in [3.8, 4) is 5.75 Å². The summed E-state index contributed by atoms with van der Waals surface area (Å²) in [6, 6.07) is 4.90. The Morgan fingerprint density at radius 1 is 1.55 bits per heavy atom. The molecule has 2 rings (SSSR count). The summed E-state index contributed by atoms with van der Waals surface area (Å²) in [6.07, 6.45) is 0.642. The quantitative estimate of drug-likeness (QED) is 0.887. The van der Waals surface area contributed by atoms with Gasteiger partial charge in [-0.05, 0) is 46.6 Å². The molecule has 1 saturated heterocycles. The highest BCUT2D eigenvalue weighted by Gasteiger charge is 2.27. The summed E-state index contributed by atoms with van der Waals surface area (Å²) in [5.74, 6) is -0.997. The molecule has 0 bridgehead atoms. The maximum absolute atomic E-state index is 12.1. The molecule has 20 heavy (non-hydrogen) atoms. The van der Waals surface area contributed by atoms with Crippen molar-refractivity contribution >= 4 is 21.9 Å². The highest BCUT2D eigenvalue weighted by atomic mass is 79.9. The molecule has 1 unspecified atom stereocenters. The minimum atomic E-state index is -2.85. The van der Waals surface area contributed by atoms with Crippen LogP contribution in [0.4, 0.5) is 8.78 Å². The molecule has 1 aromatic carbocycles. The van der Waals surface area contributed by atoms with Crippen molar-refractivity contribution in [2.24, 2.45) is 5.92 Å². The fraction of sp³-hybridized carbons (Fsp3) is 0.462. The lowest BCUT2D eigenvalue weighted by Crippen LogP contribution is -2.22. The van der Waals surface area contributed by atoms with Crippen molar-refractivity contribution in [3.63, 3.8) is 0 Å². The molecule has 1 aliphatic rings. The lowest BCUT2D eigenvalue weighted by Gasteiger charge is -2.16. The van der Waals surface area contributed by atoms with Gasteiger partial charge in [0, 0.05) is 13.1 Å². The second-order valence-corrected chi connectivity index (χ2v) is 5.56. The Morgan fingerprint density at radius 3 is 2.85 bits per heavy atom. The molecule has 1 aromatic rings. The fourth-order valence-electron chi connectivity index (χ4n) is 2.27. The average molecular weight is 350 g/mol. The average Bonchev–Trinajstić information content (AvgIpc) is 2.81. The summed E-state index contributed by atoms with van der Waals surface area (Å²) >= 11 is 3.19. The molecule has 0 saturated carbocycles. The fourth-order valence-corrected chi connectivity index (χ4v) is 2.79. The zero-order chi connectivity index (χ0) is 14.7. The van der Waals surface area contributed by atoms with E-state index in [2.05, 4.69) is 20.7 Å². The molecule has 0 radical (unpaired) electrons. The second-order valence-electron chi connectivity index (χ2n) is 4.70. The molecule has 0 aromatic heterocycles. The van der Waals surface area contributed by atoms with Gasteiger partial charge in [-0.2, -0.15) is 8.78 Å². The van der Waals surface area contributed by atoms with E-state index in [1.54, 1.807) is 12.1 Å². The molecule has 110 valence electrons. The summed E-state index contributed by atoms with van der Waals surface area (Å²) in [5.41, 5.74) is 0.921. The number of halogens is 3. The Hall–Kier alpha value is -1.21. The van der Waals surface area contributed by atoms with Gasteiger partial charge >= 0.3 is 12.6 Å². The zero-order valence-corrected chi connectivity index (χ0v) is 12.1. The lowest BCUT2D eigenvalue weighted by molar-refractivity contribution is -0.141. The topological polar surface area (TPSA) is 49.8 Å². The van der Waals surface area contributed by atoms with Gasteiger partial charge in [0.25, 0.3) is 0 Å². The van der Waals surface area contributed by atoms with E-state index < -0.39 is 12.6 Å². The predicted octanol–water partition coefficient (Wildman–Crippen LogP) is 2.96. The van der Waals surface area contributed by atoms with Crippen molar-refractivity contribution in [2.45, 2.75) is 19.6 Å². The molecular formula is C13H14BrF2NO3. The number of likely N-dealkylation sites (tertiary alicyclic amines) is 1. The van der Waals surface area contributed by atoms with Crippen LogP contribution < -0.4 is 4.74 Å². The molecule has 0 amide bonds. The van der Waals surface area contributed by atoms with Gasteiger partial charge in [0.15, 0.2) is 0 Å². The van der Waals surface area contributed by atoms with E-state index in [-0.39, 0.29) is 11.7 Å². The van der Waals surface area contributed by atoms with Crippen LogP contribution in [0.3, 0.4) is 0 Å². The number of nitrogens with zero attached hydrogens (tertiary/aromatic N) is 1. The third kappa shape index (κ3) is 3.89. The van der Waals surface area contributed by atoms with Crippen LogP contribution >= 0.6 is 15.9 Å². The third-order valence-corrected chi connectivity index (χ3v) is 3.86. The monoisotopic (exact) mass is 349 g/mol. The van der Waals surface area contributed by atoms with Crippen molar-refractivity contribution < 1.29 is 23.4 Å². The molecule has 1 atom stereocenters. The molecule has 1 fully saturated rings. The summed E-state index contributed by atoms with van der Waals surface area (Å²) in [7, 11) is 0. The van der Waals surface area contributed by atoms with E-state index in [1.165, 1.54) is 6.07 Å². The van der Waals surface area contributed by atoms with E-state index in [0.717, 1.165) is 12.1 Å². The molecule has 7 heteroatoms. The molecule has 1 heterocycles. The van der Waals surface area contributed by atoms with E-state index in [9.17, 15) is 13.6 Å². The third-order valence-electron chi connectivity index (χ3n) is 3.24. The molecule has 0 aliphatic carbocycles. The van der Waals surface area contributed by atoms with E-state index in [1.807, 2.05) is 4.90 Å². The number of ether oxygens (including phenoxy) is 1. The number of alkyl halides is 2. The van der Waals surface area contributed by atoms with Gasteiger partial charge < -0.3 is 9.84 Å². The van der Waals surface area contributed by atoms with Crippen LogP contribution in [0.25, 0.3) is 0 Å². The summed E-state index contributed by atoms with van der Waals surface area (Å²) in [5, 5.41) is 8.94. The van der Waals surface area contributed by atoms with Crippen molar-refractivity contribution in [1.82, 2.24) is 4.90 Å². The van der Waals surface area contributed by atoms with Crippen molar-refractivity contribution in [2.75, 3.05) is 13.1 Å². The van der Waals surface area contributed by atoms with Crippen LogP contribution in [0.15, 0.2) is 22.7 Å². The van der Waals surface area contributed by atoms with Gasteiger partial charge in [-0.25, -0.2) is 0 Å². The first-order valence-corrected chi connectivity index (χ1v) is 6.93. The Balaban J connectivity index is 1.97. The Bertz CT molecular complexity index is 499. The van der Waals surface area contributed by atoms with Crippen LogP contribution in [-0.4, -0.2) is 35.7 Å². The Morgan fingerprint density at radius 2 is 2.30 bits per heavy atom. The van der Waals surface area contributed by atoms with Crippen LogP contribution in [0.5, 0.6) is 5.75 Å². The minimum Gasteiger partial charge on any atom is -0.481 e. The standard InChI is InChI=1S/C13H14BrF2NO3/c14-10-5-8(1-2-11(10)20-13(15)16)6-17-4-3-9(7-17)12(18)19/h1-2,5,9,13H,3-4,6-7H2,(H,18,19). The number of carboxylic acid groups (broad SMARTS) is 1.